The molecule has 3 heterocycles. The van der Waals surface area contributed by atoms with Crippen molar-refractivity contribution in [3.63, 3.8) is 0 Å². The number of ether oxygens (including phenoxy) is 1. The number of alkyl halides is 7. The van der Waals surface area contributed by atoms with Gasteiger partial charge in [-0.25, -0.2) is 0 Å². The summed E-state index contributed by atoms with van der Waals surface area (Å²) < 4.78 is 90.3. The smallest absolute Gasteiger partial charge is 0.429 e. The number of halogens is 8. The van der Waals surface area contributed by atoms with Gasteiger partial charge in [-0.1, -0.05) is 35.9 Å². The van der Waals surface area contributed by atoms with Crippen LogP contribution in [0.25, 0.3) is 5.57 Å². The number of hydrogen-bond acceptors (Lipinski definition) is 7. The molecule has 1 aromatic heterocycles. The van der Waals surface area contributed by atoms with E-state index in [1.807, 2.05) is 0 Å². The Morgan fingerprint density at radius 3 is 2.43 bits per heavy atom. The van der Waals surface area contributed by atoms with Gasteiger partial charge in [0.2, 0.25) is 17.9 Å². The summed E-state index contributed by atoms with van der Waals surface area (Å²) in [5.41, 5.74) is 4.82. The third kappa shape index (κ3) is 6.57. The number of piperidine rings is 1. The number of carboxylic acids is 1. The molecule has 16 heteroatoms. The van der Waals surface area contributed by atoms with Gasteiger partial charge < -0.3 is 25.8 Å². The summed E-state index contributed by atoms with van der Waals surface area (Å²) in [6.07, 6.45) is -9.96. The molecule has 1 aromatic carbocycles. The topological polar surface area (TPSA) is 114 Å². The van der Waals surface area contributed by atoms with Crippen molar-refractivity contribution in [2.24, 2.45) is 5.41 Å². The van der Waals surface area contributed by atoms with Crippen molar-refractivity contribution < 1.29 is 41.0 Å². The molecular formula is C28H27Cl2F6N5O3. The summed E-state index contributed by atoms with van der Waals surface area (Å²) in [5.74, 6) is -1.53. The SMILES string of the molecule is Nc1nc(O[C@H](c2ccccc2C2=CC(Cl)(C(F)(F)F)C=C(Cl)C2)C(F)(F)F)cc(N2CCC3(CC2)CNC(C(=O)O)C3)n1. The molecule has 1 aliphatic carbocycles. The Morgan fingerprint density at radius 2 is 1.82 bits per heavy atom. The molecule has 0 bridgehead atoms. The highest BCUT2D eigenvalue weighted by molar-refractivity contribution is 6.34. The molecule has 3 aliphatic rings. The maximum absolute atomic E-state index is 14.5. The van der Waals surface area contributed by atoms with Crippen LogP contribution < -0.4 is 20.7 Å². The van der Waals surface area contributed by atoms with Crippen molar-refractivity contribution in [2.45, 2.75) is 55.1 Å². The van der Waals surface area contributed by atoms with Crippen LogP contribution in [0.15, 0.2) is 47.5 Å². The van der Waals surface area contributed by atoms with Crippen molar-refractivity contribution in [2.75, 3.05) is 30.3 Å². The van der Waals surface area contributed by atoms with Crippen LogP contribution in [-0.2, 0) is 4.79 Å². The zero-order valence-corrected chi connectivity index (χ0v) is 24.4. The number of anilines is 2. The van der Waals surface area contributed by atoms with Gasteiger partial charge in [-0.15, -0.1) is 11.6 Å². The lowest BCUT2D eigenvalue weighted by Gasteiger charge is -2.39. The van der Waals surface area contributed by atoms with Crippen LogP contribution in [-0.4, -0.2) is 63.9 Å². The molecule has 2 unspecified atom stereocenters. The first-order valence-corrected chi connectivity index (χ1v) is 14.3. The van der Waals surface area contributed by atoms with Crippen molar-refractivity contribution in [1.82, 2.24) is 15.3 Å². The van der Waals surface area contributed by atoms with E-state index in [2.05, 4.69) is 15.3 Å². The number of allylic oxidation sites excluding steroid dienone is 4. The Kier molecular flexibility index (Phi) is 8.49. The number of aromatic nitrogens is 2. The molecule has 0 saturated carbocycles. The minimum atomic E-state index is -5.03. The number of rotatable bonds is 6. The second-order valence-electron chi connectivity index (χ2n) is 11.2. The predicted octanol–water partition coefficient (Wildman–Crippen LogP) is 6.22. The fourth-order valence-electron chi connectivity index (χ4n) is 5.92. The molecule has 0 radical (unpaired) electrons. The molecule has 238 valence electrons. The Morgan fingerprint density at radius 1 is 1.14 bits per heavy atom. The van der Waals surface area contributed by atoms with E-state index in [9.17, 15) is 36.2 Å². The fourth-order valence-corrected chi connectivity index (χ4v) is 6.56. The van der Waals surface area contributed by atoms with Gasteiger partial charge in [0.25, 0.3) is 0 Å². The largest absolute Gasteiger partial charge is 0.480 e. The molecule has 0 amide bonds. The van der Waals surface area contributed by atoms with E-state index >= 15 is 0 Å². The number of nitrogens with zero attached hydrogens (tertiary/aromatic N) is 3. The monoisotopic (exact) mass is 665 g/mol. The molecule has 1 spiro atoms. The number of aliphatic carboxylic acids is 1. The van der Waals surface area contributed by atoms with Gasteiger partial charge in [0.05, 0.1) is 0 Å². The van der Waals surface area contributed by atoms with Crippen LogP contribution in [0.4, 0.5) is 38.1 Å². The van der Waals surface area contributed by atoms with Gasteiger partial charge in [-0.2, -0.15) is 36.3 Å². The van der Waals surface area contributed by atoms with Gasteiger partial charge in [0.1, 0.15) is 11.9 Å². The summed E-state index contributed by atoms with van der Waals surface area (Å²) in [5, 5.41) is 12.1. The van der Waals surface area contributed by atoms with E-state index in [1.165, 1.54) is 24.3 Å². The number of carbonyl (C=O) groups is 1. The fraction of sp³-hybridized carbons (Fsp3) is 0.464. The molecule has 4 N–H and O–H groups in total. The summed E-state index contributed by atoms with van der Waals surface area (Å²) in [7, 11) is 0. The first-order valence-electron chi connectivity index (χ1n) is 13.5. The predicted molar refractivity (Wildman–Crippen MR) is 151 cm³/mol. The molecule has 5 rings (SSSR count). The van der Waals surface area contributed by atoms with E-state index in [4.69, 9.17) is 33.7 Å². The lowest BCUT2D eigenvalue weighted by molar-refractivity contribution is -0.198. The standard InChI is InChI=1S/C28H27Cl2F6N5O3/c29-16-9-15(11-26(30,12-16)28(34,35)36)17-3-1-2-4-18(17)22(27(31,32)33)44-21-10-20(39-24(37)40-21)41-7-5-25(6-8-41)13-19(23(42)43)38-14-25/h1-4,10-12,19,22,38H,5-9,13-14H2,(H,42,43)(H2,37,39,40)/t19?,22-,26?/m1/s1. The van der Waals surface area contributed by atoms with Crippen LogP contribution in [0.5, 0.6) is 5.88 Å². The molecule has 3 atom stereocenters. The number of nitrogen functional groups attached to an aromatic ring is 1. The molecule has 2 fully saturated rings. The van der Waals surface area contributed by atoms with Crippen LogP contribution >= 0.6 is 23.2 Å². The maximum Gasteiger partial charge on any atom is 0.429 e. The third-order valence-corrected chi connectivity index (χ3v) is 8.86. The second-order valence-corrected chi connectivity index (χ2v) is 12.3. The minimum Gasteiger partial charge on any atom is -0.480 e. The van der Waals surface area contributed by atoms with E-state index < -0.39 is 46.8 Å². The van der Waals surface area contributed by atoms with E-state index in [1.54, 1.807) is 4.90 Å². The zero-order valence-electron chi connectivity index (χ0n) is 22.9. The maximum atomic E-state index is 14.5. The average molecular weight is 666 g/mol. The van der Waals surface area contributed by atoms with E-state index in [-0.39, 0.29) is 39.8 Å². The minimum absolute atomic E-state index is 0.157. The Labute approximate surface area is 257 Å². The van der Waals surface area contributed by atoms with Crippen LogP contribution in [0.3, 0.4) is 0 Å². The first kappa shape index (κ1) is 32.2. The lowest BCUT2D eigenvalue weighted by Crippen LogP contribution is -2.41. The van der Waals surface area contributed by atoms with E-state index in [0.29, 0.717) is 51.0 Å². The highest BCUT2D eigenvalue weighted by atomic mass is 35.5. The molecular weight excluding hydrogens is 639 g/mol. The van der Waals surface area contributed by atoms with Crippen molar-refractivity contribution in [3.8, 4) is 5.88 Å². The first-order chi connectivity index (χ1) is 20.5. The Hall–Kier alpha value is -3.23. The summed E-state index contributed by atoms with van der Waals surface area (Å²) in [6.45, 7) is 1.42. The van der Waals surface area contributed by atoms with Gasteiger partial charge in [0, 0.05) is 42.7 Å². The van der Waals surface area contributed by atoms with E-state index in [0.717, 1.165) is 6.07 Å². The molecule has 2 aromatic rings. The third-order valence-electron chi connectivity index (χ3n) is 8.18. The Balaban J connectivity index is 1.42. The number of carboxylic acid groups (broad SMARTS) is 1. The average Bonchev–Trinajstić information content (AvgIpc) is 3.34. The van der Waals surface area contributed by atoms with Gasteiger partial charge in [-0.3, -0.25) is 4.79 Å². The second kappa shape index (κ2) is 11.6. The highest BCUT2D eigenvalue weighted by Crippen LogP contribution is 2.48. The zero-order chi connectivity index (χ0) is 32.1. The number of nitrogens with two attached hydrogens (primary N) is 1. The van der Waals surface area contributed by atoms with Crippen molar-refractivity contribution in [1.29, 1.82) is 0 Å². The van der Waals surface area contributed by atoms with Crippen LogP contribution in [0.2, 0.25) is 0 Å². The number of hydrogen-bond donors (Lipinski definition) is 3. The van der Waals surface area contributed by atoms with Crippen molar-refractivity contribution in [3.05, 3.63) is 58.6 Å². The summed E-state index contributed by atoms with van der Waals surface area (Å²) in [6, 6.07) is 5.60. The normalized spacial score (nSPS) is 24.5. The number of nitrogens with one attached hydrogen (secondary N) is 1. The highest BCUT2D eigenvalue weighted by Gasteiger charge is 2.53. The van der Waals surface area contributed by atoms with Gasteiger partial charge >= 0.3 is 18.3 Å². The molecule has 2 aliphatic heterocycles. The quantitative estimate of drug-likeness (QED) is 0.246. The molecule has 44 heavy (non-hydrogen) atoms. The van der Waals surface area contributed by atoms with Gasteiger partial charge in [-0.05, 0) is 48.0 Å². The van der Waals surface area contributed by atoms with Crippen LogP contribution in [0, 0.1) is 5.41 Å². The summed E-state index contributed by atoms with van der Waals surface area (Å²) in [4.78, 5) is 18.2. The lowest BCUT2D eigenvalue weighted by atomic mass is 9.76. The number of benzene rings is 1. The molecule has 2 saturated heterocycles. The van der Waals surface area contributed by atoms with Gasteiger partial charge in [0.15, 0.2) is 4.87 Å². The molecule has 8 nitrogen and oxygen atoms in total. The van der Waals surface area contributed by atoms with Crippen LogP contribution in [0.1, 0.15) is 42.9 Å². The van der Waals surface area contributed by atoms with Crippen molar-refractivity contribution >= 4 is 46.5 Å². The Bertz CT molecular complexity index is 1490. The summed E-state index contributed by atoms with van der Waals surface area (Å²) >= 11 is 11.8.